The standard InChI is InChI=1S/C9H14N4O/c1-3-4-10-6-9(14)12-8-5-11-13(2)7-8/h3,5,7,10H,1,4,6H2,2H3,(H,12,14). The van der Waals surface area contributed by atoms with Crippen LogP contribution in [0, 0.1) is 0 Å². The van der Waals surface area contributed by atoms with E-state index < -0.39 is 0 Å². The van der Waals surface area contributed by atoms with Crippen LogP contribution in [0.2, 0.25) is 0 Å². The van der Waals surface area contributed by atoms with Crippen LogP contribution in [0.4, 0.5) is 5.69 Å². The van der Waals surface area contributed by atoms with Gasteiger partial charge in [-0.25, -0.2) is 0 Å². The molecule has 5 nitrogen and oxygen atoms in total. The van der Waals surface area contributed by atoms with Crippen LogP contribution in [0.15, 0.2) is 25.0 Å². The highest BCUT2D eigenvalue weighted by Gasteiger charge is 2.01. The molecule has 0 aromatic carbocycles. The van der Waals surface area contributed by atoms with E-state index in [1.807, 2.05) is 0 Å². The third-order valence-corrected chi connectivity index (χ3v) is 1.56. The lowest BCUT2D eigenvalue weighted by Gasteiger charge is -2.01. The van der Waals surface area contributed by atoms with Crippen molar-refractivity contribution in [1.82, 2.24) is 15.1 Å². The smallest absolute Gasteiger partial charge is 0.238 e. The summed E-state index contributed by atoms with van der Waals surface area (Å²) in [7, 11) is 1.80. The minimum Gasteiger partial charge on any atom is -0.322 e. The molecule has 14 heavy (non-hydrogen) atoms. The second-order valence-electron chi connectivity index (χ2n) is 2.87. The SMILES string of the molecule is C=CCNCC(=O)Nc1cnn(C)c1. The number of hydrogen-bond acceptors (Lipinski definition) is 3. The first-order valence-electron chi connectivity index (χ1n) is 4.32. The van der Waals surface area contributed by atoms with Crippen LogP contribution >= 0.6 is 0 Å². The lowest BCUT2D eigenvalue weighted by Crippen LogP contribution is -2.27. The Morgan fingerprint density at radius 3 is 3.14 bits per heavy atom. The maximum Gasteiger partial charge on any atom is 0.238 e. The molecule has 0 unspecified atom stereocenters. The molecule has 1 heterocycles. The van der Waals surface area contributed by atoms with Crippen LogP contribution in [0.3, 0.4) is 0 Å². The van der Waals surface area contributed by atoms with Gasteiger partial charge in [0, 0.05) is 19.8 Å². The molecular formula is C9H14N4O. The number of hydrogen-bond donors (Lipinski definition) is 2. The molecule has 1 rings (SSSR count). The molecule has 76 valence electrons. The van der Waals surface area contributed by atoms with E-state index in [0.717, 1.165) is 0 Å². The fourth-order valence-electron chi connectivity index (χ4n) is 0.979. The number of rotatable bonds is 5. The van der Waals surface area contributed by atoms with Crippen LogP contribution in [0.1, 0.15) is 0 Å². The maximum atomic E-state index is 11.3. The van der Waals surface area contributed by atoms with E-state index in [1.54, 1.807) is 30.2 Å². The zero-order chi connectivity index (χ0) is 10.4. The zero-order valence-electron chi connectivity index (χ0n) is 8.16. The Morgan fingerprint density at radius 1 is 1.79 bits per heavy atom. The maximum absolute atomic E-state index is 11.3. The molecule has 0 aliphatic carbocycles. The molecule has 0 aliphatic rings. The molecule has 0 fully saturated rings. The van der Waals surface area contributed by atoms with E-state index in [-0.39, 0.29) is 12.5 Å². The lowest BCUT2D eigenvalue weighted by molar-refractivity contribution is -0.115. The monoisotopic (exact) mass is 194 g/mol. The minimum absolute atomic E-state index is 0.0835. The Kier molecular flexibility index (Phi) is 3.87. The van der Waals surface area contributed by atoms with Gasteiger partial charge in [-0.2, -0.15) is 5.10 Å². The predicted octanol–water partition coefficient (Wildman–Crippen LogP) is 0.134. The number of carbonyl (C=O) groups excluding carboxylic acids is 1. The Labute approximate surface area is 82.8 Å². The number of nitrogens with one attached hydrogen (secondary N) is 2. The summed E-state index contributed by atoms with van der Waals surface area (Å²) in [6.07, 6.45) is 5.05. The van der Waals surface area contributed by atoms with Gasteiger partial charge in [0.05, 0.1) is 18.4 Å². The number of anilines is 1. The van der Waals surface area contributed by atoms with Crippen molar-refractivity contribution < 1.29 is 4.79 Å². The van der Waals surface area contributed by atoms with E-state index >= 15 is 0 Å². The molecule has 0 aliphatic heterocycles. The Balaban J connectivity index is 2.30. The van der Waals surface area contributed by atoms with Crippen molar-refractivity contribution in [2.45, 2.75) is 0 Å². The van der Waals surface area contributed by atoms with E-state index in [1.165, 1.54) is 0 Å². The Morgan fingerprint density at radius 2 is 2.57 bits per heavy atom. The molecule has 0 saturated carbocycles. The minimum atomic E-state index is -0.0835. The average molecular weight is 194 g/mol. The zero-order valence-corrected chi connectivity index (χ0v) is 8.16. The Hall–Kier alpha value is -1.62. The van der Waals surface area contributed by atoms with Crippen molar-refractivity contribution in [3.63, 3.8) is 0 Å². The third-order valence-electron chi connectivity index (χ3n) is 1.56. The lowest BCUT2D eigenvalue weighted by atomic mass is 10.5. The fraction of sp³-hybridized carbons (Fsp3) is 0.333. The molecular weight excluding hydrogens is 180 g/mol. The van der Waals surface area contributed by atoms with Gasteiger partial charge in [-0.05, 0) is 0 Å². The van der Waals surface area contributed by atoms with Crippen molar-refractivity contribution >= 4 is 11.6 Å². The largest absolute Gasteiger partial charge is 0.322 e. The number of nitrogens with zero attached hydrogens (tertiary/aromatic N) is 2. The number of aromatic nitrogens is 2. The van der Waals surface area contributed by atoms with Gasteiger partial charge >= 0.3 is 0 Å². The second kappa shape index (κ2) is 5.18. The molecule has 0 saturated heterocycles. The molecule has 0 bridgehead atoms. The molecule has 0 spiro atoms. The number of carbonyl (C=O) groups is 1. The van der Waals surface area contributed by atoms with Crippen LogP contribution in [-0.2, 0) is 11.8 Å². The molecule has 1 amide bonds. The number of amides is 1. The van der Waals surface area contributed by atoms with Crippen LogP contribution in [0.25, 0.3) is 0 Å². The summed E-state index contributed by atoms with van der Waals surface area (Å²) >= 11 is 0. The second-order valence-corrected chi connectivity index (χ2v) is 2.87. The highest BCUT2D eigenvalue weighted by molar-refractivity contribution is 5.91. The van der Waals surface area contributed by atoms with Crippen molar-refractivity contribution in [1.29, 1.82) is 0 Å². The first kappa shape index (κ1) is 10.5. The van der Waals surface area contributed by atoms with Gasteiger partial charge in [-0.1, -0.05) is 6.08 Å². The van der Waals surface area contributed by atoms with Crippen LogP contribution < -0.4 is 10.6 Å². The molecule has 2 N–H and O–H groups in total. The van der Waals surface area contributed by atoms with E-state index in [4.69, 9.17) is 0 Å². The van der Waals surface area contributed by atoms with Gasteiger partial charge in [-0.15, -0.1) is 6.58 Å². The normalized spacial score (nSPS) is 9.79. The van der Waals surface area contributed by atoms with Gasteiger partial charge in [0.1, 0.15) is 0 Å². The van der Waals surface area contributed by atoms with Gasteiger partial charge in [-0.3, -0.25) is 9.48 Å². The summed E-state index contributed by atoms with van der Waals surface area (Å²) in [4.78, 5) is 11.3. The highest BCUT2D eigenvalue weighted by Crippen LogP contribution is 2.01. The fourth-order valence-corrected chi connectivity index (χ4v) is 0.979. The summed E-state index contributed by atoms with van der Waals surface area (Å²) in [6, 6.07) is 0. The van der Waals surface area contributed by atoms with E-state index in [9.17, 15) is 4.79 Å². The molecule has 0 radical (unpaired) electrons. The summed E-state index contributed by atoms with van der Waals surface area (Å²) in [6.45, 7) is 4.44. The van der Waals surface area contributed by atoms with E-state index in [0.29, 0.717) is 12.2 Å². The van der Waals surface area contributed by atoms with E-state index in [2.05, 4.69) is 22.3 Å². The van der Waals surface area contributed by atoms with Crippen LogP contribution in [0.5, 0.6) is 0 Å². The summed E-state index contributed by atoms with van der Waals surface area (Å²) < 4.78 is 1.63. The van der Waals surface area contributed by atoms with Crippen LogP contribution in [-0.4, -0.2) is 28.8 Å². The first-order chi connectivity index (χ1) is 6.72. The van der Waals surface area contributed by atoms with Crippen molar-refractivity contribution in [3.8, 4) is 0 Å². The first-order valence-corrected chi connectivity index (χ1v) is 4.32. The van der Waals surface area contributed by atoms with Crippen molar-refractivity contribution in [2.75, 3.05) is 18.4 Å². The van der Waals surface area contributed by atoms with Gasteiger partial charge in [0.15, 0.2) is 0 Å². The average Bonchev–Trinajstić information content (AvgIpc) is 2.52. The quantitative estimate of drug-likeness (QED) is 0.517. The Bertz CT molecular complexity index is 318. The summed E-state index contributed by atoms with van der Waals surface area (Å²) in [5.41, 5.74) is 0.706. The number of aryl methyl sites for hydroxylation is 1. The molecule has 1 aromatic rings. The van der Waals surface area contributed by atoms with Crippen molar-refractivity contribution in [3.05, 3.63) is 25.0 Å². The topological polar surface area (TPSA) is 59.0 Å². The summed E-state index contributed by atoms with van der Waals surface area (Å²) in [5, 5.41) is 9.54. The molecule has 1 aromatic heterocycles. The van der Waals surface area contributed by atoms with Crippen molar-refractivity contribution in [2.24, 2.45) is 7.05 Å². The summed E-state index contributed by atoms with van der Waals surface area (Å²) in [5.74, 6) is -0.0835. The van der Waals surface area contributed by atoms with Gasteiger partial charge < -0.3 is 10.6 Å². The molecule has 5 heteroatoms. The predicted molar refractivity (Wildman–Crippen MR) is 54.9 cm³/mol. The molecule has 0 atom stereocenters. The highest BCUT2D eigenvalue weighted by atomic mass is 16.1. The third kappa shape index (κ3) is 3.40. The van der Waals surface area contributed by atoms with Gasteiger partial charge in [0.25, 0.3) is 0 Å². The van der Waals surface area contributed by atoms with Gasteiger partial charge in [0.2, 0.25) is 5.91 Å².